The summed E-state index contributed by atoms with van der Waals surface area (Å²) in [6.07, 6.45) is 17.2. The first-order chi connectivity index (χ1) is 50.9. The lowest BCUT2D eigenvalue weighted by Crippen LogP contribution is -2.41. The zero-order chi connectivity index (χ0) is 74.1. The van der Waals surface area contributed by atoms with E-state index in [4.69, 9.17) is 0 Å². The van der Waals surface area contributed by atoms with Gasteiger partial charge in [-0.05, 0) is 156 Å². The number of aliphatic hydroxyl groups excluding tert-OH is 4. The molecule has 4 aliphatic carbocycles. The average Bonchev–Trinajstić information content (AvgIpc) is 0.883. The van der Waals surface area contributed by atoms with E-state index in [9.17, 15) is 41.5 Å². The van der Waals surface area contributed by atoms with Gasteiger partial charge in [-0.2, -0.15) is 41.0 Å². The second-order valence-electron chi connectivity index (χ2n) is 28.3. The van der Waals surface area contributed by atoms with Crippen molar-refractivity contribution in [1.29, 1.82) is 21.0 Å². The highest BCUT2D eigenvalue weighted by atomic mass is 16.3. The third-order valence-electron chi connectivity index (χ3n) is 19.3. The van der Waals surface area contributed by atoms with E-state index in [1.165, 1.54) is 62.1 Å². The van der Waals surface area contributed by atoms with Crippen LogP contribution in [0.25, 0.3) is 10.8 Å². The van der Waals surface area contributed by atoms with Crippen molar-refractivity contribution >= 4 is 57.8 Å². The Bertz CT molecular complexity index is 4370. The van der Waals surface area contributed by atoms with E-state index in [0.29, 0.717) is 102 Å². The summed E-state index contributed by atoms with van der Waals surface area (Å²) in [6.45, 7) is 13.3. The number of aliphatic hydroxyl groups is 4. The Balaban J connectivity index is 0.000000151. The van der Waals surface area contributed by atoms with Gasteiger partial charge in [-0.25, -0.2) is 19.9 Å². The van der Waals surface area contributed by atoms with Crippen LogP contribution in [0.15, 0.2) is 140 Å². The van der Waals surface area contributed by atoms with E-state index in [1.54, 1.807) is 12.4 Å². The fraction of sp³-hybridized carbons (Fsp3) is 0.407. The molecule has 4 aromatic heterocycles. The fourth-order valence-corrected chi connectivity index (χ4v) is 13.2. The molecule has 0 spiro atoms. The number of hydrogen-bond donors (Lipinski definition) is 12. The van der Waals surface area contributed by atoms with Gasteiger partial charge in [0.25, 0.3) is 0 Å². The van der Waals surface area contributed by atoms with Crippen LogP contribution in [0.5, 0.6) is 0 Å². The number of aromatic nitrogens is 8. The number of nitriles is 4. The lowest BCUT2D eigenvalue weighted by molar-refractivity contribution is 0.00926. The van der Waals surface area contributed by atoms with E-state index in [1.807, 2.05) is 0 Å². The molecule has 0 bridgehead atoms. The van der Waals surface area contributed by atoms with Gasteiger partial charge >= 0.3 is 0 Å². The van der Waals surface area contributed by atoms with Crippen LogP contribution >= 0.6 is 0 Å². The quantitative estimate of drug-likeness (QED) is 0.0267. The van der Waals surface area contributed by atoms with Crippen molar-refractivity contribution in [2.24, 2.45) is 5.41 Å². The largest absolute Gasteiger partial charge is 0.393 e. The maximum absolute atomic E-state index is 10.2. The van der Waals surface area contributed by atoms with E-state index >= 15 is 0 Å². The van der Waals surface area contributed by atoms with Gasteiger partial charge in [-0.1, -0.05) is 146 Å². The van der Waals surface area contributed by atoms with Crippen LogP contribution in [0, 0.1) is 71.5 Å². The molecule has 544 valence electrons. The van der Waals surface area contributed by atoms with E-state index in [-0.39, 0.29) is 54.0 Å². The van der Waals surface area contributed by atoms with Crippen molar-refractivity contribution in [2.75, 3.05) is 68.7 Å². The topological polar surface area (TPSA) is 375 Å². The molecule has 0 aliphatic heterocycles. The number of fused-ring (bicyclic) bond motifs is 1. The summed E-state index contributed by atoms with van der Waals surface area (Å²) >= 11 is 0. The minimum atomic E-state index is -0.294. The first-order valence-corrected chi connectivity index (χ1v) is 36.3. The first-order valence-electron chi connectivity index (χ1n) is 36.3. The predicted molar refractivity (Wildman–Crippen MR) is 411 cm³/mol. The minimum absolute atomic E-state index is 0.157. The maximum atomic E-state index is 10.2. The average molecular weight is 1410 g/mol. The summed E-state index contributed by atoms with van der Waals surface area (Å²) in [6, 6.07) is 49.2. The third-order valence-corrected chi connectivity index (χ3v) is 19.3. The lowest BCUT2D eigenvalue weighted by Gasteiger charge is -2.40. The summed E-state index contributed by atoms with van der Waals surface area (Å²) in [4.78, 5) is 34.8. The van der Waals surface area contributed by atoms with Gasteiger partial charge in [-0.15, -0.1) is 0 Å². The fourth-order valence-electron chi connectivity index (χ4n) is 13.2. The van der Waals surface area contributed by atoms with Crippen LogP contribution in [-0.2, 0) is 25.7 Å². The number of benzene rings is 5. The summed E-state index contributed by atoms with van der Waals surface area (Å²) in [5.41, 5.74) is 10.4. The number of hydrogen-bond acceptors (Lipinski definition) is 24. The molecule has 4 saturated carbocycles. The Morgan fingerprint density at radius 1 is 0.400 bits per heavy atom. The van der Waals surface area contributed by atoms with Crippen LogP contribution < -0.4 is 42.5 Å². The molecule has 13 rings (SSSR count). The van der Waals surface area contributed by atoms with E-state index < -0.39 is 0 Å². The Morgan fingerprint density at radius 3 is 1.13 bits per heavy atom. The van der Waals surface area contributed by atoms with Crippen LogP contribution in [0.2, 0.25) is 0 Å². The van der Waals surface area contributed by atoms with Gasteiger partial charge in [0, 0.05) is 50.3 Å². The van der Waals surface area contributed by atoms with Crippen molar-refractivity contribution in [3.05, 3.63) is 201 Å². The molecule has 2 atom stereocenters. The molecule has 4 heterocycles. The van der Waals surface area contributed by atoms with Crippen LogP contribution in [0.4, 0.5) is 47.1 Å². The minimum Gasteiger partial charge on any atom is -0.393 e. The van der Waals surface area contributed by atoms with Gasteiger partial charge in [0.2, 0.25) is 23.8 Å². The summed E-state index contributed by atoms with van der Waals surface area (Å²) < 4.78 is 0. The lowest BCUT2D eigenvalue weighted by atomic mass is 9.73. The Hall–Kier alpha value is -11.1. The van der Waals surface area contributed by atoms with E-state index in [2.05, 4.69) is 257 Å². The summed E-state index contributed by atoms with van der Waals surface area (Å²) in [5, 5.41) is 104. The Morgan fingerprint density at radius 2 is 0.752 bits per heavy atom. The summed E-state index contributed by atoms with van der Waals surface area (Å²) in [7, 11) is 0. The normalized spacial score (nSPS) is 19.6. The van der Waals surface area contributed by atoms with E-state index in [0.717, 1.165) is 90.3 Å². The number of nitrogens with zero attached hydrogens (tertiary/aromatic N) is 12. The highest BCUT2D eigenvalue weighted by molar-refractivity contribution is 5.85. The first kappa shape index (κ1) is 76.5. The van der Waals surface area contributed by atoms with Gasteiger partial charge < -0.3 is 63.0 Å². The molecule has 105 heavy (non-hydrogen) atoms. The Kier molecular flexibility index (Phi) is 27.6. The molecule has 0 radical (unpaired) electrons. The zero-order valence-electron chi connectivity index (χ0n) is 60.5. The molecule has 5 aromatic carbocycles. The molecule has 12 N–H and O–H groups in total. The molecule has 4 aliphatic rings. The molecule has 0 unspecified atom stereocenters. The van der Waals surface area contributed by atoms with Crippen molar-refractivity contribution in [1.82, 2.24) is 39.9 Å². The second kappa shape index (κ2) is 37.9. The van der Waals surface area contributed by atoms with Crippen LogP contribution in [-0.4, -0.2) is 135 Å². The molecule has 0 amide bonds. The SMILES string of the molecule is CC1(C)C[C@H](Nc2nc(NCCc3cccc4ccccc34)ncc2C#N)CC[C@@H]1O.Cc1cccc(CCNc2ncc(C#N)c(NC3CC(O)C3)n2)c1.Cc1cccc(CCNc2ncc(C#N)c(NC3CC(O)C3)n2)c1.Cc1cccc(CCNc2ncc(C#N)c(NC3CCC(O)CC3)n2)c1. The molecule has 24 nitrogen and oxygen atoms in total. The second-order valence-corrected chi connectivity index (χ2v) is 28.3. The molecule has 9 aromatic rings. The molecular weight excluding hydrogens is 1320 g/mol. The van der Waals surface area contributed by atoms with Gasteiger partial charge in [0.1, 0.15) is 69.8 Å². The van der Waals surface area contributed by atoms with Crippen molar-refractivity contribution in [2.45, 2.75) is 180 Å². The van der Waals surface area contributed by atoms with Crippen LogP contribution in [0.1, 0.15) is 146 Å². The van der Waals surface area contributed by atoms with Crippen molar-refractivity contribution in [3.63, 3.8) is 0 Å². The monoisotopic (exact) mass is 1410 g/mol. The van der Waals surface area contributed by atoms with Crippen molar-refractivity contribution in [3.8, 4) is 24.3 Å². The van der Waals surface area contributed by atoms with Gasteiger partial charge in [0.05, 0.1) is 49.2 Å². The number of anilines is 8. The highest BCUT2D eigenvalue weighted by Gasteiger charge is 2.36. The zero-order valence-corrected chi connectivity index (χ0v) is 60.5. The highest BCUT2D eigenvalue weighted by Crippen LogP contribution is 2.37. The third kappa shape index (κ3) is 23.2. The smallest absolute Gasteiger partial charge is 0.224 e. The number of nitrogens with one attached hydrogen (secondary N) is 8. The molecule has 24 heteroatoms. The summed E-state index contributed by atoms with van der Waals surface area (Å²) in [5.74, 6) is 4.23. The maximum Gasteiger partial charge on any atom is 0.224 e. The molecule has 0 saturated heterocycles. The number of rotatable bonds is 24. The van der Waals surface area contributed by atoms with Gasteiger partial charge in [-0.3, -0.25) is 0 Å². The Labute approximate surface area is 615 Å². The van der Waals surface area contributed by atoms with Gasteiger partial charge in [0.15, 0.2) is 0 Å². The number of aryl methyl sites for hydroxylation is 3. The predicted octanol–water partition coefficient (Wildman–Crippen LogP) is 12.0. The van der Waals surface area contributed by atoms with Crippen LogP contribution in [0.3, 0.4) is 0 Å². The standard InChI is InChI=1S/C25H29N5O.C20H25N5O.2C18H21N5O/c1-25(2)14-20(10-11-22(25)31)29-23-19(15-26)16-28-24(30-23)27-13-12-18-8-5-7-17-6-3-4-9-21(17)18;1-14-3-2-4-15(11-14)9-10-22-20-23-13-16(12-21)19(25-20)24-17-5-7-18(26)8-6-17;2*1-12-3-2-4-13(7-12)5-6-20-18-21-11-14(10-19)17(23-18)22-15-8-16(24)9-15/h3-9,16,20,22,31H,10-14H2,1-2H3,(H2,27,28,29,30);2-4,11,13,17-18,26H,5-10H2,1H3,(H2,22,23,24,25);2*2-4,7,11,15-16,24H,5-6,8-9H2,1H3,(H2,20,21,22,23)/t20-,22+;;;/m1.../s1. The van der Waals surface area contributed by atoms with Crippen molar-refractivity contribution < 1.29 is 20.4 Å². The molecule has 4 fully saturated rings. The molecular formula is C81H96N20O4.